The van der Waals surface area contributed by atoms with Gasteiger partial charge in [0.1, 0.15) is 5.76 Å². The number of likely N-dealkylation sites (tertiary alicyclic amines) is 1. The number of carbonyl (C=O) groups is 2. The van der Waals surface area contributed by atoms with Crippen LogP contribution in [0.3, 0.4) is 0 Å². The fourth-order valence-electron chi connectivity index (χ4n) is 3.24. The summed E-state index contributed by atoms with van der Waals surface area (Å²) in [5, 5.41) is 6.63. The van der Waals surface area contributed by atoms with Crippen LogP contribution in [0.1, 0.15) is 31.6 Å². The largest absolute Gasteiger partial charge is 0.467 e. The molecule has 0 aliphatic carbocycles. The average molecular weight is 410 g/mol. The molecule has 0 radical (unpaired) electrons. The zero-order valence-electron chi connectivity index (χ0n) is 14.9. The fraction of sp³-hybridized carbons (Fsp3) is 0.368. The molecule has 1 aliphatic rings. The van der Waals surface area contributed by atoms with E-state index in [9.17, 15) is 9.59 Å². The van der Waals surface area contributed by atoms with Crippen LogP contribution in [0.25, 0.3) is 0 Å². The van der Waals surface area contributed by atoms with E-state index in [1.807, 2.05) is 17.9 Å². The highest BCUT2D eigenvalue weighted by Gasteiger charge is 2.32. The summed E-state index contributed by atoms with van der Waals surface area (Å²) in [4.78, 5) is 26.9. The monoisotopic (exact) mass is 409 g/mol. The topological polar surface area (TPSA) is 74.6 Å². The number of hydrogen-bond acceptors (Lipinski definition) is 4. The third-order valence-corrected chi connectivity index (χ3v) is 4.93. The molecule has 3 rings (SSSR count). The van der Waals surface area contributed by atoms with Gasteiger partial charge in [-0.3, -0.25) is 14.5 Å². The van der Waals surface area contributed by atoms with Crippen LogP contribution in [0, 0.1) is 0 Å². The summed E-state index contributed by atoms with van der Waals surface area (Å²) in [5.74, 6) is 0.374. The first-order valence-corrected chi connectivity index (χ1v) is 9.52. The van der Waals surface area contributed by atoms with Gasteiger partial charge in [-0.05, 0) is 56.6 Å². The molecular formula is C19H21Cl2N3O3. The van der Waals surface area contributed by atoms with E-state index >= 15 is 0 Å². The molecule has 6 nitrogen and oxygen atoms in total. The highest BCUT2D eigenvalue weighted by Crippen LogP contribution is 2.24. The summed E-state index contributed by atoms with van der Waals surface area (Å²) in [6.45, 7) is 2.70. The highest BCUT2D eigenvalue weighted by molar-refractivity contribution is 6.35. The first kappa shape index (κ1) is 19.7. The van der Waals surface area contributed by atoms with Gasteiger partial charge in [0.25, 0.3) is 0 Å². The Bertz CT molecular complexity index is 790. The van der Waals surface area contributed by atoms with Crippen LogP contribution >= 0.6 is 23.2 Å². The molecule has 144 valence electrons. The Labute approximate surface area is 167 Å². The first-order valence-electron chi connectivity index (χ1n) is 8.76. The number of carbonyl (C=O) groups excluding carboxylic acids is 2. The molecular weight excluding hydrogens is 389 g/mol. The van der Waals surface area contributed by atoms with Crippen molar-refractivity contribution in [3.8, 4) is 0 Å². The van der Waals surface area contributed by atoms with Crippen molar-refractivity contribution in [2.75, 3.05) is 18.4 Å². The second-order valence-electron chi connectivity index (χ2n) is 6.58. The SMILES string of the molecule is CC(NC(=O)CN1CCCC1C(=O)Nc1cc(Cl)cc(Cl)c1)c1ccco1. The van der Waals surface area contributed by atoms with Crippen LogP contribution in [0.15, 0.2) is 41.0 Å². The lowest BCUT2D eigenvalue weighted by Crippen LogP contribution is -2.45. The van der Waals surface area contributed by atoms with Crippen molar-refractivity contribution in [3.05, 3.63) is 52.4 Å². The lowest BCUT2D eigenvalue weighted by molar-refractivity contribution is -0.125. The molecule has 27 heavy (non-hydrogen) atoms. The smallest absolute Gasteiger partial charge is 0.241 e. The maximum Gasteiger partial charge on any atom is 0.241 e. The molecule has 1 saturated heterocycles. The number of hydrogen-bond donors (Lipinski definition) is 2. The van der Waals surface area contributed by atoms with Gasteiger partial charge in [-0.25, -0.2) is 0 Å². The molecule has 1 fully saturated rings. The van der Waals surface area contributed by atoms with E-state index in [1.165, 1.54) is 0 Å². The van der Waals surface area contributed by atoms with Gasteiger partial charge in [-0.1, -0.05) is 23.2 Å². The van der Waals surface area contributed by atoms with Gasteiger partial charge in [0, 0.05) is 15.7 Å². The first-order chi connectivity index (χ1) is 12.9. The molecule has 1 aromatic carbocycles. The van der Waals surface area contributed by atoms with Gasteiger partial charge in [0.2, 0.25) is 11.8 Å². The number of amides is 2. The van der Waals surface area contributed by atoms with Crippen LogP contribution in [-0.2, 0) is 9.59 Å². The molecule has 2 N–H and O–H groups in total. The fourth-order valence-corrected chi connectivity index (χ4v) is 3.77. The molecule has 1 aromatic heterocycles. The normalized spacial score (nSPS) is 18.3. The number of benzene rings is 1. The maximum absolute atomic E-state index is 12.7. The second-order valence-corrected chi connectivity index (χ2v) is 7.45. The highest BCUT2D eigenvalue weighted by atomic mass is 35.5. The van der Waals surface area contributed by atoms with E-state index in [0.717, 1.165) is 6.42 Å². The van der Waals surface area contributed by atoms with Crippen molar-refractivity contribution in [1.82, 2.24) is 10.2 Å². The zero-order valence-corrected chi connectivity index (χ0v) is 16.4. The molecule has 2 unspecified atom stereocenters. The predicted octanol–water partition coefficient (Wildman–Crippen LogP) is 3.87. The summed E-state index contributed by atoms with van der Waals surface area (Å²) in [6.07, 6.45) is 3.12. The molecule has 2 atom stereocenters. The summed E-state index contributed by atoms with van der Waals surface area (Å²) >= 11 is 11.9. The Morgan fingerprint density at radius 3 is 2.70 bits per heavy atom. The van der Waals surface area contributed by atoms with Crippen molar-refractivity contribution in [1.29, 1.82) is 0 Å². The quantitative estimate of drug-likeness (QED) is 0.759. The number of furan rings is 1. The minimum atomic E-state index is -0.368. The third kappa shape index (κ3) is 5.25. The van der Waals surface area contributed by atoms with Gasteiger partial charge in [-0.2, -0.15) is 0 Å². The molecule has 0 spiro atoms. The van der Waals surface area contributed by atoms with E-state index in [-0.39, 0.29) is 30.4 Å². The van der Waals surface area contributed by atoms with Crippen molar-refractivity contribution in [2.45, 2.75) is 31.8 Å². The van der Waals surface area contributed by atoms with E-state index < -0.39 is 0 Å². The number of anilines is 1. The Balaban J connectivity index is 1.57. The Morgan fingerprint density at radius 2 is 2.04 bits per heavy atom. The van der Waals surface area contributed by atoms with Crippen LogP contribution in [0.4, 0.5) is 5.69 Å². The average Bonchev–Trinajstić information content (AvgIpc) is 3.25. The standard InChI is InChI=1S/C19H21Cl2N3O3/c1-12(17-5-3-7-27-17)22-18(25)11-24-6-2-4-16(24)19(26)23-15-9-13(20)8-14(21)10-15/h3,5,7-10,12,16H,2,4,6,11H2,1H3,(H,22,25)(H,23,26). The predicted molar refractivity (Wildman–Crippen MR) is 105 cm³/mol. The number of nitrogens with one attached hydrogen (secondary N) is 2. The van der Waals surface area contributed by atoms with Gasteiger partial charge < -0.3 is 15.1 Å². The van der Waals surface area contributed by atoms with Gasteiger partial charge >= 0.3 is 0 Å². The van der Waals surface area contributed by atoms with E-state index in [4.69, 9.17) is 27.6 Å². The summed E-state index contributed by atoms with van der Waals surface area (Å²) in [5.41, 5.74) is 0.542. The third-order valence-electron chi connectivity index (χ3n) is 4.49. The molecule has 2 amide bonds. The lowest BCUT2D eigenvalue weighted by atomic mass is 10.2. The van der Waals surface area contributed by atoms with Crippen molar-refractivity contribution in [3.63, 3.8) is 0 Å². The Kier molecular flexibility index (Phi) is 6.42. The zero-order chi connectivity index (χ0) is 19.4. The molecule has 2 heterocycles. The summed E-state index contributed by atoms with van der Waals surface area (Å²) in [6, 6.07) is 7.88. The van der Waals surface area contributed by atoms with E-state index in [2.05, 4.69) is 10.6 Å². The van der Waals surface area contributed by atoms with Crippen LogP contribution in [0.2, 0.25) is 10.0 Å². The van der Waals surface area contributed by atoms with Crippen molar-refractivity contribution >= 4 is 40.7 Å². The van der Waals surface area contributed by atoms with Gasteiger partial charge in [0.15, 0.2) is 0 Å². The van der Waals surface area contributed by atoms with Gasteiger partial charge in [-0.15, -0.1) is 0 Å². The van der Waals surface area contributed by atoms with E-state index in [1.54, 1.807) is 30.5 Å². The molecule has 1 aliphatic heterocycles. The summed E-state index contributed by atoms with van der Waals surface area (Å²) in [7, 11) is 0. The van der Waals surface area contributed by atoms with Crippen LogP contribution < -0.4 is 10.6 Å². The lowest BCUT2D eigenvalue weighted by Gasteiger charge is -2.24. The number of halogens is 2. The number of nitrogens with zero attached hydrogens (tertiary/aromatic N) is 1. The van der Waals surface area contributed by atoms with Crippen molar-refractivity contribution < 1.29 is 14.0 Å². The Hall–Kier alpha value is -2.02. The molecule has 2 aromatic rings. The van der Waals surface area contributed by atoms with Crippen LogP contribution in [0.5, 0.6) is 0 Å². The minimum Gasteiger partial charge on any atom is -0.467 e. The summed E-state index contributed by atoms with van der Waals surface area (Å²) < 4.78 is 5.30. The second kappa shape index (κ2) is 8.78. The molecule has 0 bridgehead atoms. The van der Waals surface area contributed by atoms with E-state index in [0.29, 0.717) is 34.5 Å². The van der Waals surface area contributed by atoms with Crippen molar-refractivity contribution in [2.24, 2.45) is 0 Å². The Morgan fingerprint density at radius 1 is 1.30 bits per heavy atom. The van der Waals surface area contributed by atoms with Crippen LogP contribution in [-0.4, -0.2) is 35.8 Å². The maximum atomic E-state index is 12.7. The molecule has 0 saturated carbocycles. The molecule has 8 heteroatoms. The van der Waals surface area contributed by atoms with Gasteiger partial charge in [0.05, 0.1) is 24.9 Å². The number of rotatable bonds is 6. The minimum absolute atomic E-state index is 0.149.